The summed E-state index contributed by atoms with van der Waals surface area (Å²) in [5.74, 6) is 1.80. The van der Waals surface area contributed by atoms with E-state index in [0.717, 1.165) is 24.8 Å². The molecule has 16 heavy (non-hydrogen) atoms. The van der Waals surface area contributed by atoms with Crippen molar-refractivity contribution in [1.82, 2.24) is 20.1 Å². The third-order valence-corrected chi connectivity index (χ3v) is 2.52. The average Bonchev–Trinajstić information content (AvgIpc) is 2.62. The van der Waals surface area contributed by atoms with E-state index < -0.39 is 0 Å². The van der Waals surface area contributed by atoms with Crippen molar-refractivity contribution in [1.29, 1.82) is 0 Å². The van der Waals surface area contributed by atoms with E-state index in [-0.39, 0.29) is 0 Å². The molecule has 92 valence electrons. The van der Waals surface area contributed by atoms with Crippen LogP contribution < -0.4 is 5.32 Å². The lowest BCUT2D eigenvalue weighted by molar-refractivity contribution is 0.465. The SMILES string of the molecule is CC(C)CCCn1ncnc1CNC(C)C. The van der Waals surface area contributed by atoms with Gasteiger partial charge in [0.25, 0.3) is 0 Å². The van der Waals surface area contributed by atoms with Gasteiger partial charge in [0.1, 0.15) is 12.2 Å². The molecule has 1 aromatic rings. The van der Waals surface area contributed by atoms with Crippen LogP contribution in [-0.2, 0) is 13.1 Å². The Morgan fingerprint density at radius 2 is 2.06 bits per heavy atom. The van der Waals surface area contributed by atoms with E-state index in [1.165, 1.54) is 12.8 Å². The topological polar surface area (TPSA) is 42.7 Å². The van der Waals surface area contributed by atoms with Gasteiger partial charge in [0.2, 0.25) is 0 Å². The van der Waals surface area contributed by atoms with Crippen molar-refractivity contribution in [2.24, 2.45) is 5.92 Å². The van der Waals surface area contributed by atoms with Crippen LogP contribution in [0.4, 0.5) is 0 Å². The molecule has 0 aromatic carbocycles. The molecule has 0 saturated carbocycles. The molecule has 0 atom stereocenters. The van der Waals surface area contributed by atoms with Crippen LogP contribution in [0.3, 0.4) is 0 Å². The highest BCUT2D eigenvalue weighted by Gasteiger charge is 2.04. The zero-order valence-electron chi connectivity index (χ0n) is 10.9. The van der Waals surface area contributed by atoms with Crippen molar-refractivity contribution >= 4 is 0 Å². The van der Waals surface area contributed by atoms with Crippen molar-refractivity contribution in [3.63, 3.8) is 0 Å². The summed E-state index contributed by atoms with van der Waals surface area (Å²) in [6, 6.07) is 0.487. The number of nitrogens with one attached hydrogen (secondary N) is 1. The fourth-order valence-electron chi connectivity index (χ4n) is 1.56. The summed E-state index contributed by atoms with van der Waals surface area (Å²) >= 11 is 0. The van der Waals surface area contributed by atoms with Crippen molar-refractivity contribution < 1.29 is 0 Å². The van der Waals surface area contributed by atoms with E-state index in [1.807, 2.05) is 4.68 Å². The smallest absolute Gasteiger partial charge is 0.140 e. The van der Waals surface area contributed by atoms with Crippen LogP contribution in [0, 0.1) is 5.92 Å². The summed E-state index contributed by atoms with van der Waals surface area (Å²) in [5, 5.41) is 7.62. The molecule has 1 aromatic heterocycles. The summed E-state index contributed by atoms with van der Waals surface area (Å²) in [6.07, 6.45) is 4.07. The minimum absolute atomic E-state index is 0.487. The molecule has 0 bridgehead atoms. The molecule has 1 heterocycles. The molecule has 0 aliphatic carbocycles. The second-order valence-electron chi connectivity index (χ2n) is 4.97. The number of hydrogen-bond donors (Lipinski definition) is 1. The Bertz CT molecular complexity index is 291. The highest BCUT2D eigenvalue weighted by Crippen LogP contribution is 2.05. The molecule has 0 radical (unpaired) electrons. The van der Waals surface area contributed by atoms with E-state index in [9.17, 15) is 0 Å². The van der Waals surface area contributed by atoms with Crippen LogP contribution in [0.5, 0.6) is 0 Å². The molecule has 0 aliphatic heterocycles. The Morgan fingerprint density at radius 3 is 2.69 bits per heavy atom. The lowest BCUT2D eigenvalue weighted by atomic mass is 10.1. The molecule has 4 heteroatoms. The molecule has 1 N–H and O–H groups in total. The van der Waals surface area contributed by atoms with E-state index >= 15 is 0 Å². The third-order valence-electron chi connectivity index (χ3n) is 2.52. The highest BCUT2D eigenvalue weighted by molar-refractivity contribution is 4.84. The minimum Gasteiger partial charge on any atom is -0.308 e. The van der Waals surface area contributed by atoms with Crippen LogP contribution in [0.2, 0.25) is 0 Å². The van der Waals surface area contributed by atoms with Gasteiger partial charge < -0.3 is 5.32 Å². The molecular weight excluding hydrogens is 200 g/mol. The van der Waals surface area contributed by atoms with Crippen LogP contribution in [0.25, 0.3) is 0 Å². The van der Waals surface area contributed by atoms with E-state index in [1.54, 1.807) is 6.33 Å². The minimum atomic E-state index is 0.487. The first-order valence-corrected chi connectivity index (χ1v) is 6.19. The molecule has 0 aliphatic rings. The Labute approximate surface area is 98.5 Å². The summed E-state index contributed by atoms with van der Waals surface area (Å²) in [7, 11) is 0. The molecular formula is C12H24N4. The first-order valence-electron chi connectivity index (χ1n) is 6.19. The second-order valence-corrected chi connectivity index (χ2v) is 4.97. The maximum atomic E-state index is 4.28. The van der Waals surface area contributed by atoms with Crippen molar-refractivity contribution in [3.05, 3.63) is 12.2 Å². The normalized spacial score (nSPS) is 11.6. The summed E-state index contributed by atoms with van der Waals surface area (Å²) in [4.78, 5) is 4.28. The molecule has 0 spiro atoms. The number of nitrogens with zero attached hydrogens (tertiary/aromatic N) is 3. The lowest BCUT2D eigenvalue weighted by Gasteiger charge is -2.10. The average molecular weight is 224 g/mol. The Hall–Kier alpha value is -0.900. The number of rotatable bonds is 7. The fourth-order valence-corrected chi connectivity index (χ4v) is 1.56. The van der Waals surface area contributed by atoms with Gasteiger partial charge in [0.05, 0.1) is 6.54 Å². The molecule has 1 rings (SSSR count). The first-order chi connectivity index (χ1) is 7.59. The third kappa shape index (κ3) is 4.75. The van der Waals surface area contributed by atoms with Crippen molar-refractivity contribution in [2.75, 3.05) is 0 Å². The first kappa shape index (κ1) is 13.2. The van der Waals surface area contributed by atoms with Crippen molar-refractivity contribution in [3.8, 4) is 0 Å². The van der Waals surface area contributed by atoms with Gasteiger partial charge in [0, 0.05) is 12.6 Å². The van der Waals surface area contributed by atoms with Gasteiger partial charge in [-0.3, -0.25) is 0 Å². The largest absolute Gasteiger partial charge is 0.308 e. The zero-order chi connectivity index (χ0) is 12.0. The number of aryl methyl sites for hydroxylation is 1. The summed E-state index contributed by atoms with van der Waals surface area (Å²) in [6.45, 7) is 10.6. The van der Waals surface area contributed by atoms with Crippen molar-refractivity contribution in [2.45, 2.75) is 59.7 Å². The van der Waals surface area contributed by atoms with E-state index in [2.05, 4.69) is 43.1 Å². The lowest BCUT2D eigenvalue weighted by Crippen LogP contribution is -2.24. The standard InChI is InChI=1S/C12H24N4/c1-10(2)6-5-7-16-12(14-9-15-16)8-13-11(3)4/h9-11,13H,5-8H2,1-4H3. The number of hydrogen-bond acceptors (Lipinski definition) is 3. The zero-order valence-corrected chi connectivity index (χ0v) is 10.9. The van der Waals surface area contributed by atoms with Gasteiger partial charge in [-0.25, -0.2) is 9.67 Å². The van der Waals surface area contributed by atoms with Gasteiger partial charge in [0.15, 0.2) is 0 Å². The predicted octanol–water partition coefficient (Wildman–Crippen LogP) is 2.21. The monoisotopic (exact) mass is 224 g/mol. The molecule has 0 fully saturated rings. The Balaban J connectivity index is 2.38. The number of aromatic nitrogens is 3. The van der Waals surface area contributed by atoms with Crippen LogP contribution in [0.1, 0.15) is 46.4 Å². The van der Waals surface area contributed by atoms with Crippen LogP contribution >= 0.6 is 0 Å². The molecule has 0 saturated heterocycles. The van der Waals surface area contributed by atoms with Gasteiger partial charge in [-0.05, 0) is 18.8 Å². The fraction of sp³-hybridized carbons (Fsp3) is 0.833. The quantitative estimate of drug-likeness (QED) is 0.772. The molecule has 4 nitrogen and oxygen atoms in total. The predicted molar refractivity (Wildman–Crippen MR) is 66.1 cm³/mol. The maximum absolute atomic E-state index is 4.28. The van der Waals surface area contributed by atoms with Crippen LogP contribution in [0.15, 0.2) is 6.33 Å². The summed E-state index contributed by atoms with van der Waals surface area (Å²) in [5.41, 5.74) is 0. The van der Waals surface area contributed by atoms with E-state index in [0.29, 0.717) is 6.04 Å². The molecule has 0 amide bonds. The van der Waals surface area contributed by atoms with Gasteiger partial charge in [-0.2, -0.15) is 5.10 Å². The van der Waals surface area contributed by atoms with Crippen LogP contribution in [-0.4, -0.2) is 20.8 Å². The Kier molecular flexibility index (Phi) is 5.46. The molecule has 0 unspecified atom stereocenters. The second kappa shape index (κ2) is 6.63. The Morgan fingerprint density at radius 1 is 1.31 bits per heavy atom. The van der Waals surface area contributed by atoms with Gasteiger partial charge in [-0.15, -0.1) is 0 Å². The highest BCUT2D eigenvalue weighted by atomic mass is 15.3. The van der Waals surface area contributed by atoms with Gasteiger partial charge in [-0.1, -0.05) is 27.7 Å². The maximum Gasteiger partial charge on any atom is 0.140 e. The van der Waals surface area contributed by atoms with E-state index in [4.69, 9.17) is 0 Å². The summed E-state index contributed by atoms with van der Waals surface area (Å²) < 4.78 is 2.01. The van der Waals surface area contributed by atoms with Gasteiger partial charge >= 0.3 is 0 Å².